The lowest BCUT2D eigenvalue weighted by atomic mass is 9.94. The highest BCUT2D eigenvalue weighted by Crippen LogP contribution is 2.34. The first-order chi connectivity index (χ1) is 10.4. The molecule has 2 heterocycles. The number of nitrogens with zero attached hydrogens (tertiary/aromatic N) is 1. The molecule has 0 aliphatic carbocycles. The van der Waals surface area contributed by atoms with Crippen LogP contribution in [0.4, 0.5) is 13.2 Å². The van der Waals surface area contributed by atoms with Gasteiger partial charge in [-0.25, -0.2) is 4.98 Å². The van der Waals surface area contributed by atoms with Crippen molar-refractivity contribution in [1.82, 2.24) is 15.6 Å². The van der Waals surface area contributed by atoms with E-state index in [1.165, 1.54) is 6.20 Å². The summed E-state index contributed by atoms with van der Waals surface area (Å²) in [6.45, 7) is -0.0727. The highest BCUT2D eigenvalue weighted by Gasteiger charge is 2.49. The van der Waals surface area contributed by atoms with Gasteiger partial charge in [-0.2, -0.15) is 13.2 Å². The summed E-state index contributed by atoms with van der Waals surface area (Å²) >= 11 is 5.83. The molecule has 0 aromatic carbocycles. The molecule has 0 radical (unpaired) electrons. The molecule has 24 heavy (non-hydrogen) atoms. The molecule has 5 nitrogen and oxygen atoms in total. The molecule has 2 N–H and O–H groups in total. The number of nitrogens with one attached hydrogen (secondary N) is 2. The summed E-state index contributed by atoms with van der Waals surface area (Å²) in [4.78, 5) is 15.7. The second kappa shape index (κ2) is 10.1. The maximum Gasteiger partial charge on any atom is 0.393 e. The van der Waals surface area contributed by atoms with E-state index in [9.17, 15) is 18.0 Å². The van der Waals surface area contributed by atoms with Crippen molar-refractivity contribution in [2.75, 3.05) is 26.2 Å². The Balaban J connectivity index is 0.00000264. The van der Waals surface area contributed by atoms with Crippen molar-refractivity contribution in [3.63, 3.8) is 0 Å². The molecular weight excluding hydrogens is 394 g/mol. The maximum absolute atomic E-state index is 12.8. The first-order valence-corrected chi connectivity index (χ1v) is 7.06. The quantitative estimate of drug-likeness (QED) is 0.732. The van der Waals surface area contributed by atoms with Crippen LogP contribution in [0.15, 0.2) is 18.3 Å². The fraction of sp³-hybridized carbons (Fsp3) is 0.538. The van der Waals surface area contributed by atoms with Crippen LogP contribution in [-0.4, -0.2) is 43.3 Å². The Morgan fingerprint density at radius 2 is 2.12 bits per heavy atom. The van der Waals surface area contributed by atoms with Crippen LogP contribution in [0.1, 0.15) is 0 Å². The van der Waals surface area contributed by atoms with Crippen molar-refractivity contribution in [3.05, 3.63) is 23.4 Å². The van der Waals surface area contributed by atoms with Gasteiger partial charge in [0.15, 0.2) is 0 Å². The monoisotopic (exact) mass is 409 g/mol. The fourth-order valence-corrected chi connectivity index (χ4v) is 2.40. The Hall–Kier alpha value is -0.960. The molecule has 0 unspecified atom stereocenters. The largest absolute Gasteiger partial charge is 0.475 e. The smallest absolute Gasteiger partial charge is 0.393 e. The van der Waals surface area contributed by atoms with Crippen LogP contribution in [0.2, 0.25) is 5.02 Å². The lowest BCUT2D eigenvalue weighted by molar-refractivity contribution is -0.182. The molecule has 138 valence electrons. The number of amides is 1. The third-order valence-corrected chi connectivity index (χ3v) is 3.62. The average molecular weight is 411 g/mol. The molecule has 1 aliphatic heterocycles. The van der Waals surface area contributed by atoms with Gasteiger partial charge in [0.2, 0.25) is 11.8 Å². The Morgan fingerprint density at radius 3 is 2.75 bits per heavy atom. The van der Waals surface area contributed by atoms with Gasteiger partial charge in [-0.1, -0.05) is 11.6 Å². The number of pyridine rings is 1. The van der Waals surface area contributed by atoms with Gasteiger partial charge in [0.05, 0.1) is 18.4 Å². The first-order valence-electron chi connectivity index (χ1n) is 6.68. The van der Waals surface area contributed by atoms with Gasteiger partial charge in [-0.05, 0) is 12.1 Å². The van der Waals surface area contributed by atoms with Crippen molar-refractivity contribution in [2.24, 2.45) is 11.8 Å². The SMILES string of the molecule is Cl.Cl.O=C(NCCOc1ncccc1Cl)[C@@H]1CNC[C@H]1C(F)(F)F. The van der Waals surface area contributed by atoms with Crippen molar-refractivity contribution in [3.8, 4) is 5.88 Å². The van der Waals surface area contributed by atoms with E-state index in [0.717, 1.165) is 0 Å². The standard InChI is InChI=1S/C13H15ClF3N3O2.2ClH/c14-10-2-1-3-20-12(10)22-5-4-19-11(21)8-6-18-7-9(8)13(15,16)17;;/h1-3,8-9,18H,4-7H2,(H,19,21);2*1H/t8-,9-;;/m1../s1. The zero-order valence-electron chi connectivity index (χ0n) is 12.3. The third kappa shape index (κ3) is 6.16. The minimum Gasteiger partial charge on any atom is -0.475 e. The Kier molecular flexibility index (Phi) is 9.72. The van der Waals surface area contributed by atoms with Crippen molar-refractivity contribution in [1.29, 1.82) is 0 Å². The van der Waals surface area contributed by atoms with Crippen LogP contribution in [-0.2, 0) is 4.79 Å². The molecule has 1 aliphatic rings. The van der Waals surface area contributed by atoms with Crippen molar-refractivity contribution in [2.45, 2.75) is 6.18 Å². The average Bonchev–Trinajstić information content (AvgIpc) is 2.94. The molecule has 1 fully saturated rings. The topological polar surface area (TPSA) is 63.2 Å². The Labute approximate surface area is 154 Å². The minimum absolute atomic E-state index is 0. The summed E-state index contributed by atoms with van der Waals surface area (Å²) in [6, 6.07) is 3.24. The van der Waals surface area contributed by atoms with E-state index < -0.39 is 23.9 Å². The van der Waals surface area contributed by atoms with Crippen molar-refractivity contribution >= 4 is 42.3 Å². The van der Waals surface area contributed by atoms with Crippen molar-refractivity contribution < 1.29 is 22.7 Å². The van der Waals surface area contributed by atoms with Crippen LogP contribution < -0.4 is 15.4 Å². The number of ether oxygens (including phenoxy) is 1. The number of hydrogen-bond donors (Lipinski definition) is 2. The zero-order chi connectivity index (χ0) is 16.2. The summed E-state index contributed by atoms with van der Waals surface area (Å²) in [5, 5.41) is 5.36. The second-order valence-corrected chi connectivity index (χ2v) is 5.25. The lowest BCUT2D eigenvalue weighted by Gasteiger charge is -2.20. The molecule has 0 saturated carbocycles. The van der Waals surface area contributed by atoms with E-state index in [-0.39, 0.29) is 56.9 Å². The third-order valence-electron chi connectivity index (χ3n) is 3.34. The molecule has 11 heteroatoms. The molecule has 0 bridgehead atoms. The van der Waals surface area contributed by atoms with Crippen LogP contribution in [0.3, 0.4) is 0 Å². The van der Waals surface area contributed by atoms with Crippen LogP contribution in [0.5, 0.6) is 5.88 Å². The number of carbonyl (C=O) groups excluding carboxylic acids is 1. The van der Waals surface area contributed by atoms with E-state index in [0.29, 0.717) is 5.02 Å². The highest BCUT2D eigenvalue weighted by atomic mass is 35.5. The highest BCUT2D eigenvalue weighted by molar-refractivity contribution is 6.31. The van der Waals surface area contributed by atoms with Gasteiger partial charge in [0.1, 0.15) is 11.6 Å². The number of halogens is 6. The van der Waals surface area contributed by atoms with Crippen LogP contribution in [0.25, 0.3) is 0 Å². The summed E-state index contributed by atoms with van der Waals surface area (Å²) in [6.07, 6.45) is -2.89. The number of alkyl halides is 3. The molecule has 1 aromatic rings. The molecule has 1 aromatic heterocycles. The summed E-state index contributed by atoms with van der Waals surface area (Å²) < 4.78 is 43.5. The Morgan fingerprint density at radius 1 is 1.42 bits per heavy atom. The Bertz CT molecular complexity index is 535. The van der Waals surface area contributed by atoms with Gasteiger partial charge in [-0.3, -0.25) is 4.79 Å². The lowest BCUT2D eigenvalue weighted by Crippen LogP contribution is -2.41. The number of carbonyl (C=O) groups is 1. The normalized spacial score (nSPS) is 19.8. The maximum atomic E-state index is 12.8. The van der Waals surface area contributed by atoms with E-state index in [1.54, 1.807) is 12.1 Å². The molecule has 1 amide bonds. The van der Waals surface area contributed by atoms with Gasteiger partial charge < -0.3 is 15.4 Å². The number of aromatic nitrogens is 1. The van der Waals surface area contributed by atoms with Gasteiger partial charge in [0, 0.05) is 19.3 Å². The molecule has 2 atom stereocenters. The predicted octanol–water partition coefficient (Wildman–Crippen LogP) is 2.47. The van der Waals surface area contributed by atoms with Crippen LogP contribution >= 0.6 is 36.4 Å². The molecule has 1 saturated heterocycles. The van der Waals surface area contributed by atoms with Gasteiger partial charge in [0.25, 0.3) is 0 Å². The minimum atomic E-state index is -4.39. The van der Waals surface area contributed by atoms with Crippen LogP contribution in [0, 0.1) is 11.8 Å². The zero-order valence-corrected chi connectivity index (χ0v) is 14.7. The van der Waals surface area contributed by atoms with Gasteiger partial charge in [-0.15, -0.1) is 24.8 Å². The first kappa shape index (κ1) is 23.0. The molecular formula is C13H17Cl3F3N3O2. The summed E-state index contributed by atoms with van der Waals surface area (Å²) in [5.41, 5.74) is 0. The van der Waals surface area contributed by atoms with E-state index >= 15 is 0 Å². The predicted molar refractivity (Wildman–Crippen MR) is 88.2 cm³/mol. The van der Waals surface area contributed by atoms with Gasteiger partial charge >= 0.3 is 6.18 Å². The molecule has 2 rings (SSSR count). The summed E-state index contributed by atoms with van der Waals surface area (Å²) in [7, 11) is 0. The summed E-state index contributed by atoms with van der Waals surface area (Å²) in [5.74, 6) is -3.19. The fourth-order valence-electron chi connectivity index (χ4n) is 2.23. The number of hydrogen-bond acceptors (Lipinski definition) is 4. The number of rotatable bonds is 5. The molecule has 0 spiro atoms. The van der Waals surface area contributed by atoms with E-state index in [1.807, 2.05) is 0 Å². The second-order valence-electron chi connectivity index (χ2n) is 4.84. The van der Waals surface area contributed by atoms with E-state index in [4.69, 9.17) is 16.3 Å². The van der Waals surface area contributed by atoms with E-state index in [2.05, 4.69) is 15.6 Å².